The van der Waals surface area contributed by atoms with Crippen LogP contribution in [0.2, 0.25) is 0 Å². The Morgan fingerprint density at radius 2 is 1.76 bits per heavy atom. The number of hydrogen-bond donors (Lipinski definition) is 3. The maximum absolute atomic E-state index is 12.1. The average molecular weight is 393 g/mol. The number of hydrogen-bond acceptors (Lipinski definition) is 4. The summed E-state index contributed by atoms with van der Waals surface area (Å²) in [4.78, 5) is 22.3. The van der Waals surface area contributed by atoms with Crippen LogP contribution in [-0.4, -0.2) is 30.5 Å². The van der Waals surface area contributed by atoms with Crippen molar-refractivity contribution in [2.45, 2.75) is 13.0 Å². The van der Waals surface area contributed by atoms with E-state index < -0.39 is 4.92 Å². The van der Waals surface area contributed by atoms with E-state index in [2.05, 4.69) is 41.8 Å². The molecule has 0 saturated carbocycles. The van der Waals surface area contributed by atoms with Gasteiger partial charge in [0.05, 0.1) is 4.92 Å². The fraction of sp³-hybridized carbons (Fsp3) is 0.227. The zero-order valence-corrected chi connectivity index (χ0v) is 16.3. The number of nitrogens with zero attached hydrogens (tertiary/aromatic N) is 1. The van der Waals surface area contributed by atoms with Gasteiger partial charge in [-0.15, -0.1) is 0 Å². The van der Waals surface area contributed by atoms with E-state index in [1.165, 1.54) is 28.5 Å². The Morgan fingerprint density at radius 1 is 1.03 bits per heavy atom. The molecule has 3 aromatic carbocycles. The van der Waals surface area contributed by atoms with Gasteiger partial charge in [-0.05, 0) is 29.8 Å². The molecular formula is C22H25N4O3+. The first-order chi connectivity index (χ1) is 14.0. The first-order valence-electron chi connectivity index (χ1n) is 9.60. The lowest BCUT2D eigenvalue weighted by Crippen LogP contribution is -2.87. The summed E-state index contributed by atoms with van der Waals surface area (Å²) in [6, 6.07) is 20.9. The van der Waals surface area contributed by atoms with Crippen molar-refractivity contribution in [3.8, 4) is 0 Å². The van der Waals surface area contributed by atoms with Crippen molar-refractivity contribution in [1.82, 2.24) is 5.32 Å². The summed E-state index contributed by atoms with van der Waals surface area (Å²) in [5.41, 5.74) is 2.05. The van der Waals surface area contributed by atoms with Gasteiger partial charge in [-0.2, -0.15) is 0 Å². The molecule has 4 N–H and O–H groups in total. The quantitative estimate of drug-likeness (QED) is 0.295. The molecule has 0 aliphatic carbocycles. The number of nitro groups is 1. The van der Waals surface area contributed by atoms with Crippen molar-refractivity contribution in [1.29, 1.82) is 0 Å². The average Bonchev–Trinajstić information content (AvgIpc) is 2.75. The van der Waals surface area contributed by atoms with Crippen molar-refractivity contribution in [3.05, 3.63) is 82.4 Å². The van der Waals surface area contributed by atoms with Crippen molar-refractivity contribution in [3.63, 3.8) is 0 Å². The van der Waals surface area contributed by atoms with E-state index in [4.69, 9.17) is 0 Å². The van der Waals surface area contributed by atoms with Gasteiger partial charge in [0, 0.05) is 36.5 Å². The molecule has 7 nitrogen and oxygen atoms in total. The van der Waals surface area contributed by atoms with E-state index in [-0.39, 0.29) is 17.6 Å². The molecule has 3 rings (SSSR count). The van der Waals surface area contributed by atoms with E-state index in [1.54, 1.807) is 12.1 Å². The molecule has 0 aromatic heterocycles. The number of nitrogens with one attached hydrogen (secondary N) is 2. The minimum absolute atomic E-state index is 0.0254. The summed E-state index contributed by atoms with van der Waals surface area (Å²) in [5.74, 6) is -0.0254. The van der Waals surface area contributed by atoms with Crippen LogP contribution in [0.1, 0.15) is 18.5 Å². The summed E-state index contributed by atoms with van der Waals surface area (Å²) in [6.07, 6.45) is 0. The second kappa shape index (κ2) is 9.66. The highest BCUT2D eigenvalue weighted by Gasteiger charge is 2.13. The normalized spacial score (nSPS) is 11.8. The molecule has 0 heterocycles. The molecule has 0 unspecified atom stereocenters. The second-order valence-corrected chi connectivity index (χ2v) is 6.88. The summed E-state index contributed by atoms with van der Waals surface area (Å²) in [6.45, 7) is 3.47. The maximum atomic E-state index is 12.1. The van der Waals surface area contributed by atoms with Gasteiger partial charge in [-0.1, -0.05) is 42.5 Å². The van der Waals surface area contributed by atoms with E-state index in [0.29, 0.717) is 19.6 Å². The highest BCUT2D eigenvalue weighted by Crippen LogP contribution is 2.22. The third-order valence-corrected chi connectivity index (χ3v) is 4.83. The van der Waals surface area contributed by atoms with Crippen LogP contribution in [0.4, 0.5) is 11.4 Å². The number of quaternary nitrogens is 1. The number of fused-ring (bicyclic) bond motifs is 1. The molecule has 150 valence electrons. The number of nitro benzene ring substituents is 1. The molecular weight excluding hydrogens is 368 g/mol. The number of carbonyl (C=O) groups is 1. The standard InChI is InChI=1S/C22H24N4O3/c1-16(20-8-4-6-17-5-2-3-7-21(17)20)25-15-22(27)24-14-13-23-18-9-11-19(12-10-18)26(28)29/h2-12,16,23,25H,13-15H2,1H3,(H,24,27)/p+1/t16-/m0/s1. The maximum Gasteiger partial charge on any atom is 0.275 e. The molecule has 0 aliphatic rings. The monoisotopic (exact) mass is 393 g/mol. The lowest BCUT2D eigenvalue weighted by molar-refractivity contribution is -0.682. The summed E-state index contributed by atoms with van der Waals surface area (Å²) >= 11 is 0. The van der Waals surface area contributed by atoms with E-state index in [1.807, 2.05) is 23.5 Å². The molecule has 7 heteroatoms. The van der Waals surface area contributed by atoms with E-state index >= 15 is 0 Å². The van der Waals surface area contributed by atoms with Crippen LogP contribution in [-0.2, 0) is 4.79 Å². The number of non-ortho nitro benzene ring substituents is 1. The van der Waals surface area contributed by atoms with Crippen LogP contribution in [0.15, 0.2) is 66.7 Å². The summed E-state index contributed by atoms with van der Waals surface area (Å²) in [7, 11) is 0. The van der Waals surface area contributed by atoms with Crippen LogP contribution in [0, 0.1) is 10.1 Å². The Labute approximate surface area is 169 Å². The Bertz CT molecular complexity index is 984. The van der Waals surface area contributed by atoms with Gasteiger partial charge < -0.3 is 16.0 Å². The Balaban J connectivity index is 1.41. The number of benzene rings is 3. The van der Waals surface area contributed by atoms with Crippen molar-refractivity contribution in [2.24, 2.45) is 0 Å². The Kier molecular flexibility index (Phi) is 6.76. The second-order valence-electron chi connectivity index (χ2n) is 6.88. The van der Waals surface area contributed by atoms with Crippen molar-refractivity contribution >= 4 is 28.1 Å². The topological polar surface area (TPSA) is 101 Å². The van der Waals surface area contributed by atoms with Gasteiger partial charge in [0.2, 0.25) is 0 Å². The van der Waals surface area contributed by atoms with Crippen LogP contribution >= 0.6 is 0 Å². The van der Waals surface area contributed by atoms with Crippen LogP contribution < -0.4 is 16.0 Å². The van der Waals surface area contributed by atoms with Gasteiger partial charge in [-0.3, -0.25) is 14.9 Å². The summed E-state index contributed by atoms with van der Waals surface area (Å²) < 4.78 is 0. The SMILES string of the molecule is C[C@H]([NH2+]CC(=O)NCCNc1ccc([N+](=O)[O-])cc1)c1cccc2ccccc12. The number of nitrogens with two attached hydrogens (primary N) is 1. The number of carbonyl (C=O) groups excluding carboxylic acids is 1. The van der Waals surface area contributed by atoms with E-state index in [0.717, 1.165) is 5.69 Å². The van der Waals surface area contributed by atoms with Crippen LogP contribution in [0.5, 0.6) is 0 Å². The van der Waals surface area contributed by atoms with Crippen LogP contribution in [0.25, 0.3) is 10.8 Å². The fourth-order valence-electron chi connectivity index (χ4n) is 3.24. The predicted octanol–water partition coefficient (Wildman–Crippen LogP) is 2.60. The lowest BCUT2D eigenvalue weighted by atomic mass is 10.00. The van der Waals surface area contributed by atoms with Gasteiger partial charge in [0.15, 0.2) is 6.54 Å². The Hall–Kier alpha value is -3.45. The van der Waals surface area contributed by atoms with E-state index in [9.17, 15) is 14.9 Å². The molecule has 1 atom stereocenters. The highest BCUT2D eigenvalue weighted by molar-refractivity contribution is 5.86. The minimum atomic E-state index is -0.431. The zero-order valence-electron chi connectivity index (χ0n) is 16.3. The molecule has 3 aromatic rings. The highest BCUT2D eigenvalue weighted by atomic mass is 16.6. The fourth-order valence-corrected chi connectivity index (χ4v) is 3.24. The van der Waals surface area contributed by atoms with Crippen molar-refractivity contribution in [2.75, 3.05) is 25.0 Å². The summed E-state index contributed by atoms with van der Waals surface area (Å²) in [5, 5.41) is 21.1. The van der Waals surface area contributed by atoms with Gasteiger partial charge in [0.1, 0.15) is 6.04 Å². The first-order valence-corrected chi connectivity index (χ1v) is 9.60. The van der Waals surface area contributed by atoms with Gasteiger partial charge >= 0.3 is 0 Å². The minimum Gasteiger partial charge on any atom is -0.383 e. The third-order valence-electron chi connectivity index (χ3n) is 4.83. The molecule has 0 radical (unpaired) electrons. The van der Waals surface area contributed by atoms with Crippen LogP contribution in [0.3, 0.4) is 0 Å². The molecule has 0 aliphatic heterocycles. The number of amides is 1. The molecule has 1 amide bonds. The first kappa shape index (κ1) is 20.3. The number of anilines is 1. The molecule has 29 heavy (non-hydrogen) atoms. The third kappa shape index (κ3) is 5.52. The van der Waals surface area contributed by atoms with Gasteiger partial charge in [0.25, 0.3) is 11.6 Å². The predicted molar refractivity (Wildman–Crippen MR) is 114 cm³/mol. The molecule has 0 fully saturated rings. The number of rotatable bonds is 9. The lowest BCUT2D eigenvalue weighted by Gasteiger charge is -2.14. The van der Waals surface area contributed by atoms with Crippen molar-refractivity contribution < 1.29 is 15.0 Å². The zero-order chi connectivity index (χ0) is 20.6. The molecule has 0 bridgehead atoms. The molecule has 0 spiro atoms. The smallest absolute Gasteiger partial charge is 0.275 e. The largest absolute Gasteiger partial charge is 0.383 e. The van der Waals surface area contributed by atoms with Gasteiger partial charge in [-0.25, -0.2) is 0 Å². The Morgan fingerprint density at radius 3 is 2.52 bits per heavy atom. The molecule has 0 saturated heterocycles.